The number of nitrogens with zero attached hydrogens (tertiary/aromatic N) is 6. The molecule has 0 atom stereocenters. The van der Waals surface area contributed by atoms with Crippen LogP contribution < -0.4 is 4.90 Å². The monoisotopic (exact) mass is 337 g/mol. The van der Waals surface area contributed by atoms with E-state index < -0.39 is 0 Å². The van der Waals surface area contributed by atoms with Crippen molar-refractivity contribution in [3.05, 3.63) is 54.4 Å². The molecule has 2 aromatic heterocycles. The molecule has 0 spiro atoms. The van der Waals surface area contributed by atoms with Gasteiger partial charge in [0.15, 0.2) is 0 Å². The first-order valence-electron chi connectivity index (χ1n) is 8.28. The first-order chi connectivity index (χ1) is 12.3. The Bertz CT molecular complexity index is 803. The number of piperazine rings is 1. The zero-order chi connectivity index (χ0) is 17.1. The van der Waals surface area contributed by atoms with E-state index in [2.05, 4.69) is 20.6 Å². The van der Waals surface area contributed by atoms with E-state index in [1.54, 1.807) is 0 Å². The lowest BCUT2D eigenvalue weighted by atomic mass is 10.1. The summed E-state index contributed by atoms with van der Waals surface area (Å²) in [4.78, 5) is 16.5. The Kier molecular flexibility index (Phi) is 4.16. The summed E-state index contributed by atoms with van der Waals surface area (Å²) in [5.41, 5.74) is 2.12. The van der Waals surface area contributed by atoms with Crippen LogP contribution in [-0.4, -0.2) is 62.2 Å². The summed E-state index contributed by atoms with van der Waals surface area (Å²) in [5.74, 6) is 0.745. The summed E-state index contributed by atoms with van der Waals surface area (Å²) in [6.07, 6.45) is 4.43. The number of rotatable bonds is 4. The van der Waals surface area contributed by atoms with Crippen LogP contribution in [0.5, 0.6) is 0 Å². The molecule has 8 heteroatoms. The number of amides is 1. The molecule has 3 aromatic rings. The highest BCUT2D eigenvalue weighted by Gasteiger charge is 2.23. The Labute approximate surface area is 145 Å². The van der Waals surface area contributed by atoms with Gasteiger partial charge in [0.05, 0.1) is 6.42 Å². The van der Waals surface area contributed by atoms with Crippen molar-refractivity contribution in [1.82, 2.24) is 30.1 Å². The standard InChI is InChI=1S/C17H19N7O/c25-16(23-9-11-24(12-10-23)17-18-20-21-19-17)13-14-3-5-15(6-4-14)22-7-1-2-8-22/h1-8H,9-13H2,(H,18,19,20,21). The van der Waals surface area contributed by atoms with E-state index in [4.69, 9.17) is 0 Å². The number of H-pyrrole nitrogens is 1. The number of tetrazole rings is 1. The highest BCUT2D eigenvalue weighted by Crippen LogP contribution is 2.13. The summed E-state index contributed by atoms with van der Waals surface area (Å²) < 4.78 is 2.04. The highest BCUT2D eigenvalue weighted by atomic mass is 16.2. The maximum Gasteiger partial charge on any atom is 0.265 e. The van der Waals surface area contributed by atoms with Crippen LogP contribution in [0.2, 0.25) is 0 Å². The van der Waals surface area contributed by atoms with Crippen LogP contribution in [0.25, 0.3) is 5.69 Å². The van der Waals surface area contributed by atoms with E-state index >= 15 is 0 Å². The molecule has 0 bridgehead atoms. The Morgan fingerprint density at radius 2 is 1.76 bits per heavy atom. The van der Waals surface area contributed by atoms with Gasteiger partial charge in [0.25, 0.3) is 5.95 Å². The third kappa shape index (κ3) is 3.37. The highest BCUT2D eigenvalue weighted by molar-refractivity contribution is 5.79. The summed E-state index contributed by atoms with van der Waals surface area (Å²) >= 11 is 0. The normalized spacial score (nSPS) is 14.7. The Balaban J connectivity index is 1.33. The van der Waals surface area contributed by atoms with Crippen molar-refractivity contribution in [2.45, 2.75) is 6.42 Å². The van der Waals surface area contributed by atoms with Crippen LogP contribution in [-0.2, 0) is 11.2 Å². The predicted octanol–water partition coefficient (Wildman–Crippen LogP) is 0.882. The van der Waals surface area contributed by atoms with E-state index in [0.29, 0.717) is 25.5 Å². The average Bonchev–Trinajstić information content (AvgIpc) is 3.36. The zero-order valence-corrected chi connectivity index (χ0v) is 13.7. The van der Waals surface area contributed by atoms with Crippen molar-refractivity contribution < 1.29 is 4.79 Å². The number of aromatic nitrogens is 5. The van der Waals surface area contributed by atoms with Gasteiger partial charge in [0.1, 0.15) is 0 Å². The van der Waals surface area contributed by atoms with E-state index in [9.17, 15) is 4.79 Å². The van der Waals surface area contributed by atoms with Gasteiger partial charge in [-0.05, 0) is 35.0 Å². The van der Waals surface area contributed by atoms with E-state index in [1.165, 1.54) is 0 Å². The Morgan fingerprint density at radius 1 is 1.04 bits per heavy atom. The molecule has 128 valence electrons. The fourth-order valence-corrected chi connectivity index (χ4v) is 3.03. The summed E-state index contributed by atoms with van der Waals surface area (Å²) in [6, 6.07) is 12.1. The fraction of sp³-hybridized carbons (Fsp3) is 0.294. The van der Waals surface area contributed by atoms with Crippen LogP contribution in [0.15, 0.2) is 48.8 Å². The number of carbonyl (C=O) groups is 1. The second-order valence-electron chi connectivity index (χ2n) is 6.01. The van der Waals surface area contributed by atoms with Gasteiger partial charge in [-0.2, -0.15) is 5.21 Å². The number of aromatic amines is 1. The number of hydrogen-bond acceptors (Lipinski definition) is 5. The summed E-state index contributed by atoms with van der Waals surface area (Å²) in [7, 11) is 0. The number of benzene rings is 1. The summed E-state index contributed by atoms with van der Waals surface area (Å²) in [6.45, 7) is 2.79. The minimum Gasteiger partial charge on any atom is -0.339 e. The number of nitrogens with one attached hydrogen (secondary N) is 1. The molecule has 1 saturated heterocycles. The topological polar surface area (TPSA) is 82.9 Å². The lowest BCUT2D eigenvalue weighted by Gasteiger charge is -2.34. The molecule has 0 radical (unpaired) electrons. The van der Waals surface area contributed by atoms with Crippen molar-refractivity contribution in [2.24, 2.45) is 0 Å². The molecule has 0 saturated carbocycles. The minimum atomic E-state index is 0.154. The Morgan fingerprint density at radius 3 is 2.40 bits per heavy atom. The van der Waals surface area contributed by atoms with Crippen LogP contribution >= 0.6 is 0 Å². The molecule has 1 aromatic carbocycles. The van der Waals surface area contributed by atoms with Gasteiger partial charge in [-0.15, -0.1) is 5.10 Å². The SMILES string of the molecule is O=C(Cc1ccc(-n2cccc2)cc1)N1CCN(c2nn[nH]n2)CC1. The van der Waals surface area contributed by atoms with Crippen LogP contribution in [0, 0.1) is 0 Å². The van der Waals surface area contributed by atoms with Gasteiger partial charge >= 0.3 is 0 Å². The van der Waals surface area contributed by atoms with Gasteiger partial charge in [-0.3, -0.25) is 4.79 Å². The smallest absolute Gasteiger partial charge is 0.265 e. The molecule has 0 unspecified atom stereocenters. The number of anilines is 1. The molecule has 1 aliphatic rings. The van der Waals surface area contributed by atoms with Gasteiger partial charge in [-0.1, -0.05) is 17.2 Å². The molecule has 25 heavy (non-hydrogen) atoms. The molecule has 8 nitrogen and oxygen atoms in total. The van der Waals surface area contributed by atoms with Crippen LogP contribution in [0.4, 0.5) is 5.95 Å². The van der Waals surface area contributed by atoms with Crippen molar-refractivity contribution in [1.29, 1.82) is 0 Å². The van der Waals surface area contributed by atoms with Gasteiger partial charge in [0, 0.05) is 44.3 Å². The Hall–Kier alpha value is -3.16. The third-order valence-electron chi connectivity index (χ3n) is 4.44. The minimum absolute atomic E-state index is 0.154. The maximum absolute atomic E-state index is 12.5. The molecular formula is C17H19N7O. The maximum atomic E-state index is 12.5. The second-order valence-corrected chi connectivity index (χ2v) is 6.01. The van der Waals surface area contributed by atoms with E-state index in [-0.39, 0.29) is 5.91 Å². The first-order valence-corrected chi connectivity index (χ1v) is 8.28. The average molecular weight is 337 g/mol. The molecule has 1 fully saturated rings. The van der Waals surface area contributed by atoms with Crippen molar-refractivity contribution in [2.75, 3.05) is 31.1 Å². The molecule has 3 heterocycles. The van der Waals surface area contributed by atoms with Crippen molar-refractivity contribution in [3.63, 3.8) is 0 Å². The van der Waals surface area contributed by atoms with E-state index in [1.807, 2.05) is 63.2 Å². The second kappa shape index (κ2) is 6.76. The van der Waals surface area contributed by atoms with Gasteiger partial charge in [-0.25, -0.2) is 0 Å². The third-order valence-corrected chi connectivity index (χ3v) is 4.44. The molecule has 1 amide bonds. The first kappa shape index (κ1) is 15.4. The number of hydrogen-bond donors (Lipinski definition) is 1. The molecule has 1 aliphatic heterocycles. The quantitative estimate of drug-likeness (QED) is 0.764. The van der Waals surface area contributed by atoms with Crippen LogP contribution in [0.1, 0.15) is 5.56 Å². The largest absolute Gasteiger partial charge is 0.339 e. The van der Waals surface area contributed by atoms with Crippen molar-refractivity contribution >= 4 is 11.9 Å². The summed E-state index contributed by atoms with van der Waals surface area (Å²) in [5, 5.41) is 14.0. The van der Waals surface area contributed by atoms with Crippen molar-refractivity contribution in [3.8, 4) is 5.69 Å². The van der Waals surface area contributed by atoms with Gasteiger partial charge < -0.3 is 14.4 Å². The zero-order valence-electron chi connectivity index (χ0n) is 13.7. The van der Waals surface area contributed by atoms with Crippen LogP contribution in [0.3, 0.4) is 0 Å². The van der Waals surface area contributed by atoms with Gasteiger partial charge in [0.2, 0.25) is 5.91 Å². The lowest BCUT2D eigenvalue weighted by Crippen LogP contribution is -2.49. The molecule has 1 N–H and O–H groups in total. The lowest BCUT2D eigenvalue weighted by molar-refractivity contribution is -0.130. The number of carbonyl (C=O) groups excluding carboxylic acids is 1. The molecular weight excluding hydrogens is 318 g/mol. The molecule has 0 aliphatic carbocycles. The molecule has 4 rings (SSSR count). The fourth-order valence-electron chi connectivity index (χ4n) is 3.03. The van der Waals surface area contributed by atoms with E-state index in [0.717, 1.165) is 24.3 Å². The predicted molar refractivity (Wildman–Crippen MR) is 92.4 cm³/mol.